The number of hydrogen-bond acceptors (Lipinski definition) is 5. The van der Waals surface area contributed by atoms with Crippen LogP contribution >= 0.6 is 0 Å². The molecule has 0 saturated carbocycles. The van der Waals surface area contributed by atoms with Gasteiger partial charge in [-0.05, 0) is 6.08 Å². The molecule has 0 aromatic carbocycles. The van der Waals surface area contributed by atoms with Gasteiger partial charge in [0.1, 0.15) is 6.54 Å². The molecule has 0 aromatic heterocycles. The van der Waals surface area contributed by atoms with Crippen LogP contribution in [0.3, 0.4) is 0 Å². The van der Waals surface area contributed by atoms with Crippen molar-refractivity contribution in [2.24, 2.45) is 5.84 Å². The van der Waals surface area contributed by atoms with Crippen LogP contribution in [0, 0.1) is 0 Å². The van der Waals surface area contributed by atoms with Gasteiger partial charge in [-0.3, -0.25) is 10.0 Å². The highest BCUT2D eigenvalue weighted by Crippen LogP contribution is 2.03. The summed E-state index contributed by atoms with van der Waals surface area (Å²) in [6.07, 6.45) is 5.07. The van der Waals surface area contributed by atoms with Crippen LogP contribution in [0.2, 0.25) is 0 Å². The molecule has 0 bridgehead atoms. The number of allylic oxidation sites excluding steroid dienone is 1. The van der Waals surface area contributed by atoms with Crippen LogP contribution in [-0.2, 0) is 9.53 Å². The van der Waals surface area contributed by atoms with Crippen LogP contribution in [0.15, 0.2) is 23.8 Å². The third-order valence-corrected chi connectivity index (χ3v) is 1.56. The molecule has 13 heavy (non-hydrogen) atoms. The Hall–Kier alpha value is -1.01. The standard InChI is InChI=1S/C8H12N2O3/c9-10(12)6-8(11)7-2-1-4-13-5-3-7/h1-3,12H,4-6,9H2. The first-order valence-electron chi connectivity index (χ1n) is 3.89. The van der Waals surface area contributed by atoms with Crippen molar-refractivity contribution in [3.05, 3.63) is 23.8 Å². The Kier molecular flexibility index (Phi) is 3.78. The fourth-order valence-corrected chi connectivity index (χ4v) is 0.973. The molecule has 1 rings (SSSR count). The van der Waals surface area contributed by atoms with E-state index in [1.165, 1.54) is 0 Å². The van der Waals surface area contributed by atoms with Gasteiger partial charge >= 0.3 is 0 Å². The van der Waals surface area contributed by atoms with E-state index in [4.69, 9.17) is 15.8 Å². The van der Waals surface area contributed by atoms with Gasteiger partial charge in [0.25, 0.3) is 0 Å². The summed E-state index contributed by atoms with van der Waals surface area (Å²) in [6.45, 7) is 0.693. The van der Waals surface area contributed by atoms with E-state index in [1.54, 1.807) is 18.2 Å². The summed E-state index contributed by atoms with van der Waals surface area (Å²) in [5.41, 5.74) is 0.516. The van der Waals surface area contributed by atoms with Crippen LogP contribution < -0.4 is 5.84 Å². The molecule has 0 spiro atoms. The average Bonchev–Trinajstić information content (AvgIpc) is 2.29. The van der Waals surface area contributed by atoms with E-state index in [0.29, 0.717) is 24.0 Å². The molecule has 5 heteroatoms. The summed E-state index contributed by atoms with van der Waals surface area (Å²) < 4.78 is 5.06. The Morgan fingerprint density at radius 3 is 3.15 bits per heavy atom. The van der Waals surface area contributed by atoms with Gasteiger partial charge in [-0.25, -0.2) is 5.84 Å². The zero-order valence-electron chi connectivity index (χ0n) is 7.14. The first-order valence-corrected chi connectivity index (χ1v) is 3.89. The van der Waals surface area contributed by atoms with E-state index in [9.17, 15) is 4.79 Å². The minimum atomic E-state index is -0.230. The summed E-state index contributed by atoms with van der Waals surface area (Å²) in [5, 5.41) is 9.00. The van der Waals surface area contributed by atoms with Gasteiger partial charge in [0.05, 0.1) is 13.2 Å². The highest BCUT2D eigenvalue weighted by atomic mass is 16.5. The van der Waals surface area contributed by atoms with Crippen molar-refractivity contribution in [3.63, 3.8) is 0 Å². The number of ketones is 1. The number of nitrogens with zero attached hydrogens (tertiary/aromatic N) is 1. The lowest BCUT2D eigenvalue weighted by Gasteiger charge is -2.06. The lowest BCUT2D eigenvalue weighted by Crippen LogP contribution is -2.33. The van der Waals surface area contributed by atoms with Crippen LogP contribution in [0.5, 0.6) is 0 Å². The molecule has 72 valence electrons. The normalized spacial score (nSPS) is 17.0. The Morgan fingerprint density at radius 2 is 2.46 bits per heavy atom. The van der Waals surface area contributed by atoms with Crippen LogP contribution in [0.25, 0.3) is 0 Å². The smallest absolute Gasteiger partial charge is 0.180 e. The molecule has 0 amide bonds. The summed E-state index contributed by atoms with van der Waals surface area (Å²) in [6, 6.07) is 0. The third kappa shape index (κ3) is 3.47. The molecular weight excluding hydrogens is 172 g/mol. The molecular formula is C8H12N2O3. The molecule has 0 saturated heterocycles. The maximum atomic E-state index is 11.3. The molecule has 0 atom stereocenters. The number of Topliss-reactive ketones (excluding diaryl/α,β-unsaturated/α-hetero) is 1. The van der Waals surface area contributed by atoms with Crippen molar-refractivity contribution < 1.29 is 14.7 Å². The minimum absolute atomic E-state index is 0.212. The summed E-state index contributed by atoms with van der Waals surface area (Å²) in [7, 11) is 0. The summed E-state index contributed by atoms with van der Waals surface area (Å²) in [4.78, 5) is 11.3. The van der Waals surface area contributed by atoms with Crippen molar-refractivity contribution >= 4 is 5.78 Å². The maximum absolute atomic E-state index is 11.3. The molecule has 0 aromatic rings. The number of nitrogens with two attached hydrogens (primary N) is 1. The van der Waals surface area contributed by atoms with Crippen molar-refractivity contribution in [2.45, 2.75) is 0 Å². The predicted octanol–water partition coefficient (Wildman–Crippen LogP) is -0.367. The summed E-state index contributed by atoms with van der Waals surface area (Å²) >= 11 is 0. The molecule has 0 fully saturated rings. The fraction of sp³-hybridized carbons (Fsp3) is 0.375. The van der Waals surface area contributed by atoms with Gasteiger partial charge in [0, 0.05) is 5.57 Å². The average molecular weight is 184 g/mol. The molecule has 1 heterocycles. The van der Waals surface area contributed by atoms with Crippen molar-refractivity contribution in [1.29, 1.82) is 0 Å². The number of carbonyl (C=O) groups excluding carboxylic acids is 1. The number of rotatable bonds is 3. The van der Waals surface area contributed by atoms with E-state index in [1.807, 2.05) is 0 Å². The summed E-state index contributed by atoms with van der Waals surface area (Å²) in [5.74, 6) is 4.69. The van der Waals surface area contributed by atoms with E-state index in [2.05, 4.69) is 0 Å². The van der Waals surface area contributed by atoms with Gasteiger partial charge in [0.2, 0.25) is 0 Å². The lowest BCUT2D eigenvalue weighted by molar-refractivity contribution is -0.133. The van der Waals surface area contributed by atoms with Crippen LogP contribution in [0.1, 0.15) is 0 Å². The van der Waals surface area contributed by atoms with Crippen LogP contribution in [-0.4, -0.2) is 35.9 Å². The monoisotopic (exact) mass is 184 g/mol. The van der Waals surface area contributed by atoms with E-state index in [-0.39, 0.29) is 12.3 Å². The molecule has 1 aliphatic rings. The highest BCUT2D eigenvalue weighted by molar-refractivity contribution is 5.99. The Bertz CT molecular complexity index is 246. The van der Waals surface area contributed by atoms with Crippen molar-refractivity contribution in [3.8, 4) is 0 Å². The fourth-order valence-electron chi connectivity index (χ4n) is 0.973. The molecule has 0 radical (unpaired) electrons. The molecule has 5 nitrogen and oxygen atoms in total. The highest BCUT2D eigenvalue weighted by Gasteiger charge is 2.09. The van der Waals surface area contributed by atoms with Crippen molar-refractivity contribution in [1.82, 2.24) is 5.17 Å². The quantitative estimate of drug-likeness (QED) is 0.462. The number of carbonyl (C=O) groups is 1. The zero-order valence-corrected chi connectivity index (χ0v) is 7.14. The first-order chi connectivity index (χ1) is 6.20. The molecule has 0 unspecified atom stereocenters. The Morgan fingerprint density at radius 1 is 1.69 bits per heavy atom. The maximum Gasteiger partial charge on any atom is 0.180 e. The third-order valence-electron chi connectivity index (χ3n) is 1.56. The van der Waals surface area contributed by atoms with Gasteiger partial charge in [0.15, 0.2) is 5.78 Å². The minimum Gasteiger partial charge on any atom is -0.373 e. The van der Waals surface area contributed by atoms with E-state index >= 15 is 0 Å². The van der Waals surface area contributed by atoms with E-state index < -0.39 is 0 Å². The van der Waals surface area contributed by atoms with Gasteiger partial charge in [-0.1, -0.05) is 12.2 Å². The van der Waals surface area contributed by atoms with Crippen LogP contribution in [0.4, 0.5) is 0 Å². The number of ether oxygens (including phenoxy) is 1. The molecule has 0 aliphatic carbocycles. The zero-order chi connectivity index (χ0) is 9.68. The van der Waals surface area contributed by atoms with E-state index in [0.717, 1.165) is 0 Å². The molecule has 1 aliphatic heterocycles. The molecule has 3 N–H and O–H groups in total. The first kappa shape index (κ1) is 10.1. The number of hydrogen-bond donors (Lipinski definition) is 2. The second-order valence-electron chi connectivity index (χ2n) is 2.62. The SMILES string of the molecule is NN(O)CC(=O)C1=CCOCC=C1. The van der Waals surface area contributed by atoms with Gasteiger partial charge < -0.3 is 4.74 Å². The lowest BCUT2D eigenvalue weighted by atomic mass is 10.1. The Labute approximate surface area is 76.0 Å². The van der Waals surface area contributed by atoms with Crippen molar-refractivity contribution in [2.75, 3.05) is 19.8 Å². The number of hydrazine groups is 1. The second-order valence-corrected chi connectivity index (χ2v) is 2.62. The topological polar surface area (TPSA) is 75.8 Å². The van der Waals surface area contributed by atoms with Gasteiger partial charge in [-0.2, -0.15) is 0 Å². The largest absolute Gasteiger partial charge is 0.373 e. The second kappa shape index (κ2) is 4.88. The Balaban J connectivity index is 2.58. The predicted molar refractivity (Wildman–Crippen MR) is 45.7 cm³/mol. The number of hydroxylamine groups is 1. The van der Waals surface area contributed by atoms with Gasteiger partial charge in [-0.15, -0.1) is 5.17 Å².